The maximum absolute atomic E-state index is 12.9. The number of hydrogen-bond donors (Lipinski definition) is 2. The molecule has 0 aliphatic carbocycles. The van der Waals surface area contributed by atoms with Gasteiger partial charge >= 0.3 is 6.03 Å². The Kier molecular flexibility index (Phi) is 5.33. The van der Waals surface area contributed by atoms with Gasteiger partial charge in [0.25, 0.3) is 5.91 Å². The average molecular weight is 426 g/mol. The average Bonchev–Trinajstić information content (AvgIpc) is 2.91. The molecule has 0 spiro atoms. The van der Waals surface area contributed by atoms with Crippen molar-refractivity contribution >= 4 is 33.4 Å². The van der Waals surface area contributed by atoms with Crippen LogP contribution in [0.25, 0.3) is 0 Å². The lowest BCUT2D eigenvalue weighted by molar-refractivity contribution is -0.133. The zero-order valence-corrected chi connectivity index (χ0v) is 17.0. The number of nitrogens with zero attached hydrogens (tertiary/aromatic N) is 2. The zero-order chi connectivity index (χ0) is 22.1. The lowest BCUT2D eigenvalue weighted by Gasteiger charge is -2.22. The molecule has 1 fully saturated rings. The van der Waals surface area contributed by atoms with Gasteiger partial charge in [0.2, 0.25) is 5.91 Å². The van der Waals surface area contributed by atoms with Gasteiger partial charge in [-0.15, -0.1) is 0 Å². The summed E-state index contributed by atoms with van der Waals surface area (Å²) in [7, 11) is -3.36. The predicted molar refractivity (Wildman–Crippen MR) is 107 cm³/mol. The largest absolute Gasteiger partial charge is 0.325 e. The molecule has 9 nitrogen and oxygen atoms in total. The molecule has 4 amide bonds. The van der Waals surface area contributed by atoms with Gasteiger partial charge in [0, 0.05) is 11.9 Å². The van der Waals surface area contributed by atoms with E-state index in [2.05, 4.69) is 10.6 Å². The van der Waals surface area contributed by atoms with E-state index < -0.39 is 39.8 Å². The van der Waals surface area contributed by atoms with Crippen molar-refractivity contribution < 1.29 is 22.8 Å². The van der Waals surface area contributed by atoms with Crippen LogP contribution in [0, 0.1) is 11.3 Å². The van der Waals surface area contributed by atoms with Gasteiger partial charge in [-0.05, 0) is 48.9 Å². The summed E-state index contributed by atoms with van der Waals surface area (Å²) in [5, 5.41) is 14.0. The molecule has 3 rings (SSSR count). The van der Waals surface area contributed by atoms with Crippen molar-refractivity contribution in [3.8, 4) is 6.07 Å². The fourth-order valence-corrected chi connectivity index (χ4v) is 3.67. The summed E-state index contributed by atoms with van der Waals surface area (Å²) in [6.07, 6.45) is 1.07. The second-order valence-electron chi connectivity index (χ2n) is 6.98. The molecule has 0 aromatic heterocycles. The van der Waals surface area contributed by atoms with Gasteiger partial charge in [0.05, 0.1) is 16.5 Å². The minimum absolute atomic E-state index is 0.104. The minimum Gasteiger partial charge on any atom is -0.325 e. The van der Waals surface area contributed by atoms with E-state index in [-0.39, 0.29) is 4.90 Å². The third-order valence-electron chi connectivity index (χ3n) is 4.73. The second-order valence-corrected chi connectivity index (χ2v) is 9.00. The highest BCUT2D eigenvalue weighted by molar-refractivity contribution is 7.90. The van der Waals surface area contributed by atoms with E-state index in [1.165, 1.54) is 43.3 Å². The Morgan fingerprint density at radius 1 is 1.13 bits per heavy atom. The first-order chi connectivity index (χ1) is 14.0. The molecule has 10 heteroatoms. The number of rotatable bonds is 5. The quantitative estimate of drug-likeness (QED) is 0.693. The smallest absolute Gasteiger partial charge is 0.325 e. The Hall–Kier alpha value is -3.71. The third kappa shape index (κ3) is 4.01. The van der Waals surface area contributed by atoms with Gasteiger partial charge in [-0.3, -0.25) is 14.5 Å². The number of nitriles is 1. The van der Waals surface area contributed by atoms with Gasteiger partial charge in [-0.2, -0.15) is 5.26 Å². The number of sulfone groups is 1. The summed E-state index contributed by atoms with van der Waals surface area (Å²) in [4.78, 5) is 38.4. The highest BCUT2D eigenvalue weighted by Crippen LogP contribution is 2.29. The van der Waals surface area contributed by atoms with Crippen LogP contribution < -0.4 is 10.6 Å². The summed E-state index contributed by atoms with van der Waals surface area (Å²) in [5.74, 6) is -1.21. The Morgan fingerprint density at radius 3 is 2.27 bits per heavy atom. The lowest BCUT2D eigenvalue weighted by atomic mass is 9.91. The summed E-state index contributed by atoms with van der Waals surface area (Å²) >= 11 is 0. The van der Waals surface area contributed by atoms with Crippen molar-refractivity contribution in [1.29, 1.82) is 5.26 Å². The van der Waals surface area contributed by atoms with Crippen LogP contribution >= 0.6 is 0 Å². The molecule has 1 saturated heterocycles. The first-order valence-electron chi connectivity index (χ1n) is 8.79. The number of imide groups is 1. The van der Waals surface area contributed by atoms with Crippen LogP contribution in [0.3, 0.4) is 0 Å². The second kappa shape index (κ2) is 7.61. The number of anilines is 1. The number of amides is 4. The van der Waals surface area contributed by atoms with Crippen LogP contribution in [0.4, 0.5) is 10.5 Å². The van der Waals surface area contributed by atoms with Crippen molar-refractivity contribution in [1.82, 2.24) is 10.2 Å². The van der Waals surface area contributed by atoms with Crippen molar-refractivity contribution in [2.24, 2.45) is 0 Å². The number of carbonyl (C=O) groups excluding carboxylic acids is 3. The molecule has 154 valence electrons. The van der Waals surface area contributed by atoms with E-state index in [0.29, 0.717) is 16.8 Å². The highest BCUT2D eigenvalue weighted by atomic mass is 32.2. The summed E-state index contributed by atoms with van der Waals surface area (Å²) in [6.45, 7) is 1.01. The molecule has 1 aliphatic heterocycles. The molecule has 30 heavy (non-hydrogen) atoms. The van der Waals surface area contributed by atoms with Crippen LogP contribution in [-0.4, -0.2) is 44.0 Å². The number of benzene rings is 2. The number of carbonyl (C=O) groups is 3. The number of hydrogen-bond acceptors (Lipinski definition) is 6. The van der Waals surface area contributed by atoms with E-state index in [0.717, 1.165) is 11.2 Å². The van der Waals surface area contributed by atoms with Crippen molar-refractivity contribution in [2.45, 2.75) is 17.4 Å². The molecule has 0 bridgehead atoms. The molecule has 2 aromatic carbocycles. The first-order valence-corrected chi connectivity index (χ1v) is 10.7. The zero-order valence-electron chi connectivity index (χ0n) is 16.2. The Morgan fingerprint density at radius 2 is 1.73 bits per heavy atom. The van der Waals surface area contributed by atoms with Crippen molar-refractivity contribution in [3.63, 3.8) is 0 Å². The molecule has 2 N–H and O–H groups in total. The molecule has 1 atom stereocenters. The monoisotopic (exact) mass is 426 g/mol. The van der Waals surface area contributed by atoms with Gasteiger partial charge in [0.1, 0.15) is 12.1 Å². The molecular formula is C20H18N4O5S. The minimum atomic E-state index is -3.36. The predicted octanol–water partition coefficient (Wildman–Crippen LogP) is 1.37. The van der Waals surface area contributed by atoms with E-state index in [4.69, 9.17) is 5.26 Å². The van der Waals surface area contributed by atoms with Gasteiger partial charge in [-0.1, -0.05) is 12.1 Å². The van der Waals surface area contributed by atoms with Crippen LogP contribution in [0.5, 0.6) is 0 Å². The molecule has 0 saturated carbocycles. The van der Waals surface area contributed by atoms with E-state index in [1.54, 1.807) is 12.1 Å². The highest BCUT2D eigenvalue weighted by Gasteiger charge is 2.49. The molecular weight excluding hydrogens is 408 g/mol. The summed E-state index contributed by atoms with van der Waals surface area (Å²) < 4.78 is 23.0. The first kappa shape index (κ1) is 21.0. The van der Waals surface area contributed by atoms with E-state index >= 15 is 0 Å². The molecule has 1 aliphatic rings. The normalized spacial score (nSPS) is 18.6. The van der Waals surface area contributed by atoms with Crippen molar-refractivity contribution in [3.05, 3.63) is 59.7 Å². The summed E-state index contributed by atoms with van der Waals surface area (Å²) in [5.41, 5.74) is -0.131. The van der Waals surface area contributed by atoms with Gasteiger partial charge in [-0.25, -0.2) is 13.2 Å². The Labute approximate surface area is 173 Å². The topological polar surface area (TPSA) is 136 Å². The molecule has 1 heterocycles. The van der Waals surface area contributed by atoms with E-state index in [1.807, 2.05) is 6.07 Å². The number of urea groups is 1. The van der Waals surface area contributed by atoms with Crippen LogP contribution in [0.1, 0.15) is 18.1 Å². The van der Waals surface area contributed by atoms with E-state index in [9.17, 15) is 22.8 Å². The van der Waals surface area contributed by atoms with Gasteiger partial charge < -0.3 is 10.6 Å². The fraction of sp³-hybridized carbons (Fsp3) is 0.200. The maximum Gasteiger partial charge on any atom is 0.325 e. The lowest BCUT2D eigenvalue weighted by Crippen LogP contribution is -2.42. The van der Waals surface area contributed by atoms with Crippen molar-refractivity contribution in [2.75, 3.05) is 18.1 Å². The molecule has 0 radical (unpaired) electrons. The summed E-state index contributed by atoms with van der Waals surface area (Å²) in [6, 6.07) is 13.0. The van der Waals surface area contributed by atoms with Crippen LogP contribution in [0.15, 0.2) is 53.4 Å². The SMILES string of the molecule is CC1(c2ccc(C#N)cc2)NC(=O)N(CC(=O)Nc2ccc(S(C)(=O)=O)cc2)C1=O. The maximum atomic E-state index is 12.9. The number of nitrogens with one attached hydrogen (secondary N) is 2. The fourth-order valence-electron chi connectivity index (χ4n) is 3.04. The Bertz CT molecular complexity index is 1170. The standard InChI is InChI=1S/C20H18N4O5S/c1-20(14-5-3-13(11-21)4-6-14)18(26)24(19(27)23-20)12-17(25)22-15-7-9-16(10-8-15)30(2,28)29/h3-10H,12H2,1-2H3,(H,22,25)(H,23,27). The van der Waals surface area contributed by atoms with Crippen LogP contribution in [0.2, 0.25) is 0 Å². The van der Waals surface area contributed by atoms with Crippen LogP contribution in [-0.2, 0) is 25.0 Å². The molecule has 2 aromatic rings. The van der Waals surface area contributed by atoms with Gasteiger partial charge in [0.15, 0.2) is 9.84 Å². The third-order valence-corrected chi connectivity index (χ3v) is 5.86. The molecule has 1 unspecified atom stereocenters. The Balaban J connectivity index is 1.72.